The van der Waals surface area contributed by atoms with Crippen LogP contribution in [-0.2, 0) is 26.2 Å². The fourth-order valence-electron chi connectivity index (χ4n) is 3.73. The normalized spacial score (nSPS) is 12.2. The highest BCUT2D eigenvalue weighted by molar-refractivity contribution is 7.92. The molecule has 208 valence electrons. The third-order valence-corrected chi connectivity index (χ3v) is 8.58. The van der Waals surface area contributed by atoms with Crippen LogP contribution in [0.2, 0.25) is 15.1 Å². The molecule has 0 heterocycles. The molecule has 0 spiro atoms. The van der Waals surface area contributed by atoms with Crippen molar-refractivity contribution in [1.29, 1.82) is 0 Å². The van der Waals surface area contributed by atoms with Gasteiger partial charge in [0.1, 0.15) is 18.4 Å². The lowest BCUT2D eigenvalue weighted by atomic mass is 10.1. The predicted octanol–water partition coefficient (Wildman–Crippen LogP) is 5.92. The van der Waals surface area contributed by atoms with Crippen molar-refractivity contribution in [3.05, 3.63) is 93.2 Å². The minimum Gasteiger partial charge on any atom is -0.352 e. The molecule has 3 rings (SSSR count). The quantitative estimate of drug-likeness (QED) is 0.307. The van der Waals surface area contributed by atoms with E-state index in [4.69, 9.17) is 34.8 Å². The minimum absolute atomic E-state index is 0.0337. The second kappa shape index (κ2) is 13.0. The van der Waals surface area contributed by atoms with Crippen LogP contribution in [0.3, 0.4) is 0 Å². The molecule has 0 aliphatic rings. The van der Waals surface area contributed by atoms with Crippen LogP contribution in [0.5, 0.6) is 0 Å². The molecule has 12 heteroatoms. The topological polar surface area (TPSA) is 86.8 Å². The molecule has 0 aromatic heterocycles. The van der Waals surface area contributed by atoms with Gasteiger partial charge in [-0.2, -0.15) is 0 Å². The highest BCUT2D eigenvalue weighted by atomic mass is 35.5. The Morgan fingerprint density at radius 1 is 0.897 bits per heavy atom. The van der Waals surface area contributed by atoms with E-state index in [0.717, 1.165) is 16.4 Å². The van der Waals surface area contributed by atoms with Crippen LogP contribution in [0.15, 0.2) is 71.6 Å². The van der Waals surface area contributed by atoms with E-state index in [1.54, 1.807) is 38.1 Å². The molecule has 1 atom stereocenters. The Bertz CT molecular complexity index is 1440. The molecular formula is C27H27Cl3FN3O4S. The molecule has 0 bridgehead atoms. The fourth-order valence-corrected chi connectivity index (χ4v) is 5.85. The van der Waals surface area contributed by atoms with Crippen molar-refractivity contribution < 1.29 is 22.4 Å². The van der Waals surface area contributed by atoms with Crippen LogP contribution in [0, 0.1) is 5.82 Å². The van der Waals surface area contributed by atoms with Crippen LogP contribution in [0.25, 0.3) is 0 Å². The van der Waals surface area contributed by atoms with Crippen molar-refractivity contribution >= 4 is 62.3 Å². The van der Waals surface area contributed by atoms with Gasteiger partial charge in [0, 0.05) is 28.2 Å². The molecule has 39 heavy (non-hydrogen) atoms. The zero-order valence-corrected chi connectivity index (χ0v) is 24.5. The van der Waals surface area contributed by atoms with E-state index < -0.39 is 40.2 Å². The summed E-state index contributed by atoms with van der Waals surface area (Å²) < 4.78 is 42.2. The van der Waals surface area contributed by atoms with Crippen molar-refractivity contribution in [3.8, 4) is 0 Å². The van der Waals surface area contributed by atoms with E-state index in [0.29, 0.717) is 5.56 Å². The van der Waals surface area contributed by atoms with E-state index in [1.165, 1.54) is 42.2 Å². The smallest absolute Gasteiger partial charge is 0.264 e. The molecule has 0 radical (unpaired) electrons. The van der Waals surface area contributed by atoms with Gasteiger partial charge < -0.3 is 10.2 Å². The minimum atomic E-state index is -4.31. The molecule has 0 fully saturated rings. The van der Waals surface area contributed by atoms with Crippen LogP contribution in [-0.4, -0.2) is 43.8 Å². The van der Waals surface area contributed by atoms with Crippen molar-refractivity contribution in [2.45, 2.75) is 44.3 Å². The Morgan fingerprint density at radius 3 is 2.08 bits per heavy atom. The molecule has 1 N–H and O–H groups in total. The maximum absolute atomic E-state index is 13.9. The number of rotatable bonds is 10. The van der Waals surface area contributed by atoms with Gasteiger partial charge in [-0.15, -0.1) is 0 Å². The summed E-state index contributed by atoms with van der Waals surface area (Å²) >= 11 is 18.7. The summed E-state index contributed by atoms with van der Waals surface area (Å²) in [5.74, 6) is -1.93. The van der Waals surface area contributed by atoms with Crippen LogP contribution in [0.1, 0.15) is 26.3 Å². The van der Waals surface area contributed by atoms with Gasteiger partial charge in [0.15, 0.2) is 0 Å². The Kier molecular flexibility index (Phi) is 10.2. The summed E-state index contributed by atoms with van der Waals surface area (Å²) in [5, 5.41) is 2.98. The number of hydrogen-bond donors (Lipinski definition) is 1. The first-order valence-corrected chi connectivity index (χ1v) is 14.5. The predicted molar refractivity (Wildman–Crippen MR) is 152 cm³/mol. The lowest BCUT2D eigenvalue weighted by Crippen LogP contribution is -2.52. The highest BCUT2D eigenvalue weighted by Crippen LogP contribution is 2.30. The summed E-state index contributed by atoms with van der Waals surface area (Å²) in [5.41, 5.74) is 0.356. The van der Waals surface area contributed by atoms with Crippen LogP contribution in [0.4, 0.5) is 10.1 Å². The Morgan fingerprint density at radius 2 is 1.51 bits per heavy atom. The summed E-state index contributed by atoms with van der Waals surface area (Å²) in [6, 6.07) is 14.4. The number of hydrogen-bond acceptors (Lipinski definition) is 4. The molecule has 2 amide bonds. The zero-order valence-electron chi connectivity index (χ0n) is 21.4. The number of sulfonamides is 1. The first-order valence-electron chi connectivity index (χ1n) is 11.9. The van der Waals surface area contributed by atoms with Crippen molar-refractivity contribution in [1.82, 2.24) is 10.2 Å². The van der Waals surface area contributed by atoms with Gasteiger partial charge in [-0.1, -0.05) is 59.1 Å². The van der Waals surface area contributed by atoms with Gasteiger partial charge in [-0.25, -0.2) is 12.8 Å². The molecule has 3 aromatic carbocycles. The van der Waals surface area contributed by atoms with Crippen molar-refractivity contribution in [2.75, 3.05) is 10.8 Å². The number of anilines is 1. The third-order valence-electron chi connectivity index (χ3n) is 5.79. The first kappa shape index (κ1) is 30.7. The van der Waals surface area contributed by atoms with Gasteiger partial charge in [-0.3, -0.25) is 13.9 Å². The SMILES string of the molecule is CC(C)NC(=O)[C@H](C)N(Cc1c(Cl)cccc1Cl)C(=O)CN(c1ccc(F)c(Cl)c1)S(=O)(=O)c1ccccc1. The molecule has 0 aliphatic carbocycles. The third kappa shape index (κ3) is 7.42. The van der Waals surface area contributed by atoms with Gasteiger partial charge in [0.2, 0.25) is 11.8 Å². The average molecular weight is 615 g/mol. The molecule has 0 saturated heterocycles. The van der Waals surface area contributed by atoms with Gasteiger partial charge >= 0.3 is 0 Å². The number of carbonyl (C=O) groups is 2. The second-order valence-corrected chi connectivity index (χ2v) is 12.1. The van der Waals surface area contributed by atoms with Gasteiger partial charge in [0.25, 0.3) is 10.0 Å². The monoisotopic (exact) mass is 613 g/mol. The van der Waals surface area contributed by atoms with E-state index in [2.05, 4.69) is 5.32 Å². The summed E-state index contributed by atoms with van der Waals surface area (Å²) in [6.07, 6.45) is 0. The van der Waals surface area contributed by atoms with Crippen LogP contribution >= 0.6 is 34.8 Å². The zero-order chi connectivity index (χ0) is 28.9. The van der Waals surface area contributed by atoms with Crippen LogP contribution < -0.4 is 9.62 Å². The summed E-state index contributed by atoms with van der Waals surface area (Å²) in [6.45, 7) is 4.17. The number of nitrogens with zero attached hydrogens (tertiary/aromatic N) is 2. The number of benzene rings is 3. The van der Waals surface area contributed by atoms with Crippen molar-refractivity contribution in [2.24, 2.45) is 0 Å². The fraction of sp³-hybridized carbons (Fsp3) is 0.259. The first-order chi connectivity index (χ1) is 18.3. The molecular weight excluding hydrogens is 588 g/mol. The summed E-state index contributed by atoms with van der Waals surface area (Å²) in [7, 11) is -4.31. The number of halogens is 4. The molecule has 0 saturated carbocycles. The molecule has 3 aromatic rings. The average Bonchev–Trinajstić information content (AvgIpc) is 2.88. The maximum atomic E-state index is 13.9. The van der Waals surface area contributed by atoms with E-state index >= 15 is 0 Å². The molecule has 0 unspecified atom stereocenters. The number of amides is 2. The summed E-state index contributed by atoms with van der Waals surface area (Å²) in [4.78, 5) is 27.9. The largest absolute Gasteiger partial charge is 0.352 e. The maximum Gasteiger partial charge on any atom is 0.264 e. The molecule has 7 nitrogen and oxygen atoms in total. The molecule has 0 aliphatic heterocycles. The lowest BCUT2D eigenvalue weighted by Gasteiger charge is -2.32. The van der Waals surface area contributed by atoms with E-state index in [-0.39, 0.29) is 38.2 Å². The number of nitrogens with one attached hydrogen (secondary N) is 1. The van der Waals surface area contributed by atoms with Gasteiger partial charge in [0.05, 0.1) is 15.6 Å². The van der Waals surface area contributed by atoms with Crippen molar-refractivity contribution in [3.63, 3.8) is 0 Å². The second-order valence-electron chi connectivity index (χ2n) is 8.98. The van der Waals surface area contributed by atoms with E-state index in [9.17, 15) is 22.4 Å². The number of carbonyl (C=O) groups excluding carboxylic acids is 2. The van der Waals surface area contributed by atoms with E-state index in [1.807, 2.05) is 0 Å². The Hall–Kier alpha value is -2.85. The Balaban J connectivity index is 2.08. The Labute approximate surface area is 242 Å². The van der Waals surface area contributed by atoms with Gasteiger partial charge in [-0.05, 0) is 63.2 Å². The highest BCUT2D eigenvalue weighted by Gasteiger charge is 2.33. The lowest BCUT2D eigenvalue weighted by molar-refractivity contribution is -0.139. The standard InChI is InChI=1S/C27H27Cl3FN3O4S/c1-17(2)32-27(36)18(3)33(15-21-22(28)10-7-11-23(21)29)26(35)16-34(19-12-13-25(31)24(30)14-19)39(37,38)20-8-5-4-6-9-20/h4-14,17-18H,15-16H2,1-3H3,(H,32,36)/t18-/m0/s1.